The van der Waals surface area contributed by atoms with Crippen molar-refractivity contribution in [1.29, 1.82) is 0 Å². The van der Waals surface area contributed by atoms with Crippen molar-refractivity contribution in [2.45, 2.75) is 11.8 Å². The van der Waals surface area contributed by atoms with E-state index in [1.54, 1.807) is 7.11 Å². The summed E-state index contributed by atoms with van der Waals surface area (Å²) in [6.07, 6.45) is 0. The first kappa shape index (κ1) is 24.9. The van der Waals surface area contributed by atoms with E-state index in [4.69, 9.17) is 4.74 Å². The summed E-state index contributed by atoms with van der Waals surface area (Å²) in [4.78, 5) is 15.0. The molecule has 7 nitrogen and oxygen atoms in total. The number of nitrogens with zero attached hydrogens (tertiary/aromatic N) is 2. The third-order valence-electron chi connectivity index (χ3n) is 6.17. The van der Waals surface area contributed by atoms with Crippen molar-refractivity contribution in [3.05, 3.63) is 102 Å². The number of hydrogen-bond acceptors (Lipinski definition) is 5. The van der Waals surface area contributed by atoms with Crippen molar-refractivity contribution in [2.75, 3.05) is 39.8 Å². The average molecular weight is 494 g/mol. The van der Waals surface area contributed by atoms with Crippen molar-refractivity contribution in [3.63, 3.8) is 0 Å². The molecule has 184 valence electrons. The molecule has 1 fully saturated rings. The molecule has 0 radical (unpaired) electrons. The SMILES string of the molecule is COc1ccc([C@H](NC(=O)CN2CCN(S(=O)(=O)Cc3ccccc3)CC2)c2ccccc2)cc1. The number of carbonyl (C=O) groups is 1. The van der Waals surface area contributed by atoms with Crippen molar-refractivity contribution in [2.24, 2.45) is 0 Å². The van der Waals surface area contributed by atoms with Gasteiger partial charge in [-0.05, 0) is 28.8 Å². The number of rotatable bonds is 9. The molecule has 1 amide bonds. The van der Waals surface area contributed by atoms with Crippen LogP contribution >= 0.6 is 0 Å². The van der Waals surface area contributed by atoms with E-state index in [-0.39, 0.29) is 24.2 Å². The lowest BCUT2D eigenvalue weighted by Crippen LogP contribution is -2.51. The average Bonchev–Trinajstić information content (AvgIpc) is 2.88. The summed E-state index contributed by atoms with van der Waals surface area (Å²) in [5.74, 6) is 0.650. The highest BCUT2D eigenvalue weighted by Crippen LogP contribution is 2.24. The smallest absolute Gasteiger partial charge is 0.234 e. The molecule has 1 heterocycles. The quantitative estimate of drug-likeness (QED) is 0.496. The number of sulfonamides is 1. The molecule has 1 N–H and O–H groups in total. The van der Waals surface area contributed by atoms with E-state index in [1.807, 2.05) is 89.8 Å². The molecular weight excluding hydrogens is 462 g/mol. The van der Waals surface area contributed by atoms with Crippen LogP contribution in [0.25, 0.3) is 0 Å². The van der Waals surface area contributed by atoms with E-state index >= 15 is 0 Å². The maximum Gasteiger partial charge on any atom is 0.234 e. The van der Waals surface area contributed by atoms with Gasteiger partial charge in [0.2, 0.25) is 15.9 Å². The highest BCUT2D eigenvalue weighted by atomic mass is 32.2. The molecule has 0 saturated carbocycles. The van der Waals surface area contributed by atoms with Gasteiger partial charge < -0.3 is 10.1 Å². The summed E-state index contributed by atoms with van der Waals surface area (Å²) < 4.78 is 32.4. The molecule has 3 aromatic rings. The zero-order chi connectivity index (χ0) is 24.7. The zero-order valence-corrected chi connectivity index (χ0v) is 20.7. The number of carbonyl (C=O) groups excluding carboxylic acids is 1. The molecule has 4 rings (SSSR count). The molecule has 8 heteroatoms. The standard InChI is InChI=1S/C27H31N3O4S/c1-34-25-14-12-24(13-15-25)27(23-10-6-3-7-11-23)28-26(31)20-29-16-18-30(19-17-29)35(32,33)21-22-8-4-2-5-9-22/h2-15,27H,16-21H2,1H3,(H,28,31)/t27-/m1/s1. The van der Waals surface area contributed by atoms with Gasteiger partial charge in [0.1, 0.15) is 5.75 Å². The Morgan fingerprint density at radius 2 is 1.43 bits per heavy atom. The molecule has 0 aliphatic carbocycles. The Bertz CT molecular complexity index is 1190. The van der Waals surface area contributed by atoms with E-state index in [0.29, 0.717) is 26.2 Å². The van der Waals surface area contributed by atoms with Crippen LogP contribution in [0.2, 0.25) is 0 Å². The number of ether oxygens (including phenoxy) is 1. The fraction of sp³-hybridized carbons (Fsp3) is 0.296. The van der Waals surface area contributed by atoms with Crippen LogP contribution in [-0.4, -0.2) is 63.4 Å². The summed E-state index contributed by atoms with van der Waals surface area (Å²) >= 11 is 0. The van der Waals surface area contributed by atoms with Crippen LogP contribution in [0.4, 0.5) is 0 Å². The van der Waals surface area contributed by atoms with E-state index in [9.17, 15) is 13.2 Å². The number of benzene rings is 3. The lowest BCUT2D eigenvalue weighted by atomic mass is 9.98. The minimum atomic E-state index is -3.39. The highest BCUT2D eigenvalue weighted by Gasteiger charge is 2.28. The van der Waals surface area contributed by atoms with Crippen molar-refractivity contribution >= 4 is 15.9 Å². The molecular formula is C27H31N3O4S. The Balaban J connectivity index is 1.35. The van der Waals surface area contributed by atoms with E-state index in [2.05, 4.69) is 5.32 Å². The lowest BCUT2D eigenvalue weighted by Gasteiger charge is -2.34. The Morgan fingerprint density at radius 1 is 0.857 bits per heavy atom. The summed E-state index contributed by atoms with van der Waals surface area (Å²) in [6.45, 7) is 2.00. The Hall–Kier alpha value is -3.20. The topological polar surface area (TPSA) is 79.0 Å². The predicted octanol–water partition coefficient (Wildman–Crippen LogP) is 3.05. The number of methoxy groups -OCH3 is 1. The van der Waals surface area contributed by atoms with Crippen LogP contribution in [0.5, 0.6) is 5.75 Å². The lowest BCUT2D eigenvalue weighted by molar-refractivity contribution is -0.123. The van der Waals surface area contributed by atoms with Gasteiger partial charge in [0.05, 0.1) is 25.4 Å². The molecule has 1 aliphatic heterocycles. The monoisotopic (exact) mass is 493 g/mol. The number of hydrogen-bond donors (Lipinski definition) is 1. The van der Waals surface area contributed by atoms with Gasteiger partial charge >= 0.3 is 0 Å². The second-order valence-electron chi connectivity index (χ2n) is 8.60. The fourth-order valence-electron chi connectivity index (χ4n) is 4.25. The van der Waals surface area contributed by atoms with Gasteiger partial charge in [0.15, 0.2) is 0 Å². The van der Waals surface area contributed by atoms with Gasteiger partial charge in [-0.25, -0.2) is 8.42 Å². The number of nitrogens with one attached hydrogen (secondary N) is 1. The van der Waals surface area contributed by atoms with Crippen LogP contribution in [0, 0.1) is 0 Å². The molecule has 1 aliphatic rings. The van der Waals surface area contributed by atoms with Crippen LogP contribution in [-0.2, 0) is 20.6 Å². The van der Waals surface area contributed by atoms with Gasteiger partial charge in [-0.1, -0.05) is 72.8 Å². The molecule has 1 atom stereocenters. The zero-order valence-electron chi connectivity index (χ0n) is 19.8. The van der Waals surface area contributed by atoms with Crippen LogP contribution < -0.4 is 10.1 Å². The minimum absolute atomic E-state index is 0.00502. The normalized spacial score (nSPS) is 15.9. The second-order valence-corrected chi connectivity index (χ2v) is 10.6. The van der Waals surface area contributed by atoms with Crippen LogP contribution in [0.15, 0.2) is 84.9 Å². The first-order chi connectivity index (χ1) is 16.9. The van der Waals surface area contributed by atoms with E-state index in [0.717, 1.165) is 22.4 Å². The summed E-state index contributed by atoms with van der Waals surface area (Å²) in [5.41, 5.74) is 2.73. The molecule has 1 saturated heterocycles. The van der Waals surface area contributed by atoms with Gasteiger partial charge in [0, 0.05) is 26.2 Å². The largest absolute Gasteiger partial charge is 0.497 e. The molecule has 0 aromatic heterocycles. The van der Waals surface area contributed by atoms with Crippen LogP contribution in [0.1, 0.15) is 22.7 Å². The fourth-order valence-corrected chi connectivity index (χ4v) is 5.77. The van der Waals surface area contributed by atoms with E-state index < -0.39 is 10.0 Å². The van der Waals surface area contributed by atoms with Crippen molar-refractivity contribution < 1.29 is 17.9 Å². The number of amides is 1. The maximum atomic E-state index is 13.0. The molecule has 0 spiro atoms. The van der Waals surface area contributed by atoms with Gasteiger partial charge in [-0.2, -0.15) is 4.31 Å². The predicted molar refractivity (Wildman–Crippen MR) is 137 cm³/mol. The van der Waals surface area contributed by atoms with Gasteiger partial charge in [0.25, 0.3) is 0 Å². The Labute approximate surface area is 207 Å². The summed E-state index contributed by atoms with van der Waals surface area (Å²) in [5, 5.41) is 3.16. The van der Waals surface area contributed by atoms with Gasteiger partial charge in [-0.15, -0.1) is 0 Å². The second kappa shape index (κ2) is 11.5. The Morgan fingerprint density at radius 3 is 2.03 bits per heavy atom. The third kappa shape index (κ3) is 6.69. The molecule has 35 heavy (non-hydrogen) atoms. The third-order valence-corrected chi connectivity index (χ3v) is 8.02. The Kier molecular flexibility index (Phi) is 8.17. The van der Waals surface area contributed by atoms with Crippen LogP contribution in [0.3, 0.4) is 0 Å². The molecule has 0 unspecified atom stereocenters. The first-order valence-electron chi connectivity index (χ1n) is 11.7. The molecule has 3 aromatic carbocycles. The molecule has 0 bridgehead atoms. The van der Waals surface area contributed by atoms with E-state index in [1.165, 1.54) is 4.31 Å². The first-order valence-corrected chi connectivity index (χ1v) is 13.3. The summed E-state index contributed by atoms with van der Waals surface area (Å²) in [7, 11) is -1.77. The van der Waals surface area contributed by atoms with Crippen molar-refractivity contribution in [1.82, 2.24) is 14.5 Å². The number of piperazine rings is 1. The maximum absolute atomic E-state index is 13.0. The van der Waals surface area contributed by atoms with Gasteiger partial charge in [-0.3, -0.25) is 9.69 Å². The highest BCUT2D eigenvalue weighted by molar-refractivity contribution is 7.88. The van der Waals surface area contributed by atoms with Crippen molar-refractivity contribution in [3.8, 4) is 5.75 Å². The summed E-state index contributed by atoms with van der Waals surface area (Å²) in [6, 6.07) is 26.4. The minimum Gasteiger partial charge on any atom is -0.497 e.